The number of rotatable bonds is 4. The lowest BCUT2D eigenvalue weighted by molar-refractivity contribution is -0.113. The second-order valence-electron chi connectivity index (χ2n) is 7.44. The van der Waals surface area contributed by atoms with Gasteiger partial charge < -0.3 is 4.57 Å². The van der Waals surface area contributed by atoms with Crippen molar-refractivity contribution in [1.29, 1.82) is 0 Å². The van der Waals surface area contributed by atoms with Gasteiger partial charge in [-0.2, -0.15) is 0 Å². The van der Waals surface area contributed by atoms with E-state index in [0.717, 1.165) is 16.5 Å². The van der Waals surface area contributed by atoms with Crippen LogP contribution in [-0.2, 0) is 11.3 Å². The van der Waals surface area contributed by atoms with E-state index in [-0.39, 0.29) is 16.7 Å². The Morgan fingerprint density at radius 2 is 1.76 bits per heavy atom. The number of halogens is 3. The predicted molar refractivity (Wildman–Crippen MR) is 135 cm³/mol. The molecule has 1 amide bonds. The average Bonchev–Trinajstić information content (AvgIpc) is 3.28. The van der Waals surface area contributed by atoms with Crippen molar-refractivity contribution in [2.75, 3.05) is 4.90 Å². The molecule has 1 aliphatic heterocycles. The fourth-order valence-corrected chi connectivity index (χ4v) is 5.25. The minimum atomic E-state index is -0.566. The molecule has 0 N–H and O–H groups in total. The van der Waals surface area contributed by atoms with Gasteiger partial charge in [0.05, 0.1) is 22.2 Å². The smallest absolute Gasteiger partial charge is 0.270 e. The zero-order chi connectivity index (χ0) is 23.1. The number of carbonyl (C=O) groups excluding carboxylic acids is 1. The minimum Gasteiger partial charge on any atom is -0.342 e. The van der Waals surface area contributed by atoms with Gasteiger partial charge in [-0.25, -0.2) is 8.78 Å². The summed E-state index contributed by atoms with van der Waals surface area (Å²) in [6, 6.07) is 18.5. The van der Waals surface area contributed by atoms with Crippen LogP contribution in [0, 0.1) is 11.6 Å². The molecule has 3 nitrogen and oxygen atoms in total. The van der Waals surface area contributed by atoms with E-state index in [1.165, 1.54) is 40.9 Å². The second kappa shape index (κ2) is 8.74. The summed E-state index contributed by atoms with van der Waals surface area (Å²) in [6.07, 6.45) is 3.68. The van der Waals surface area contributed by atoms with Crippen LogP contribution < -0.4 is 4.90 Å². The molecule has 1 aromatic heterocycles. The summed E-state index contributed by atoms with van der Waals surface area (Å²) in [5, 5.41) is 0.852. The second-order valence-corrected chi connectivity index (χ2v) is 9.52. The first-order valence-electron chi connectivity index (χ1n) is 9.96. The van der Waals surface area contributed by atoms with Gasteiger partial charge in [0.15, 0.2) is 4.32 Å². The Bertz CT molecular complexity index is 1460. The van der Waals surface area contributed by atoms with Crippen molar-refractivity contribution in [2.24, 2.45) is 0 Å². The van der Waals surface area contributed by atoms with E-state index >= 15 is 0 Å². The van der Waals surface area contributed by atoms with Crippen LogP contribution in [0.25, 0.3) is 17.0 Å². The number of hydrogen-bond donors (Lipinski definition) is 0. The van der Waals surface area contributed by atoms with Crippen molar-refractivity contribution in [3.05, 3.63) is 106 Å². The molecule has 0 unspecified atom stereocenters. The molecule has 0 aliphatic carbocycles. The van der Waals surface area contributed by atoms with Crippen molar-refractivity contribution in [3.63, 3.8) is 0 Å². The Morgan fingerprint density at radius 1 is 1.00 bits per heavy atom. The van der Waals surface area contributed by atoms with Gasteiger partial charge in [0.25, 0.3) is 5.91 Å². The largest absolute Gasteiger partial charge is 0.342 e. The van der Waals surface area contributed by atoms with Gasteiger partial charge in [0.2, 0.25) is 0 Å². The number of hydrogen-bond acceptors (Lipinski definition) is 3. The summed E-state index contributed by atoms with van der Waals surface area (Å²) in [5.74, 6) is -1.14. The quantitative estimate of drug-likeness (QED) is 0.224. The molecular formula is C25H15ClF2N2OS2. The van der Waals surface area contributed by atoms with Gasteiger partial charge >= 0.3 is 0 Å². The van der Waals surface area contributed by atoms with E-state index < -0.39 is 5.82 Å². The number of nitrogens with zero attached hydrogens (tertiary/aromatic N) is 2. The molecule has 4 aromatic rings. The normalized spacial score (nSPS) is 15.2. The summed E-state index contributed by atoms with van der Waals surface area (Å²) in [5.41, 5.74) is 2.73. The summed E-state index contributed by atoms with van der Waals surface area (Å²) < 4.78 is 30.1. The zero-order valence-electron chi connectivity index (χ0n) is 17.0. The molecule has 0 radical (unpaired) electrons. The average molecular weight is 497 g/mol. The Morgan fingerprint density at radius 3 is 2.55 bits per heavy atom. The van der Waals surface area contributed by atoms with Crippen LogP contribution in [-0.4, -0.2) is 14.8 Å². The number of aromatic nitrogens is 1. The first kappa shape index (κ1) is 21.8. The number of benzene rings is 3. The molecule has 33 heavy (non-hydrogen) atoms. The van der Waals surface area contributed by atoms with Gasteiger partial charge in [-0.15, -0.1) is 0 Å². The number of anilines is 1. The van der Waals surface area contributed by atoms with Crippen molar-refractivity contribution < 1.29 is 13.6 Å². The molecule has 1 saturated heterocycles. The number of fused-ring (bicyclic) bond motifs is 1. The molecule has 0 bridgehead atoms. The topological polar surface area (TPSA) is 25.2 Å². The Balaban J connectivity index is 1.53. The van der Waals surface area contributed by atoms with Crippen LogP contribution in [0.2, 0.25) is 5.02 Å². The van der Waals surface area contributed by atoms with Gasteiger partial charge in [-0.05, 0) is 36.4 Å². The third-order valence-electron chi connectivity index (χ3n) is 5.36. The minimum absolute atomic E-state index is 0.0817. The monoisotopic (exact) mass is 496 g/mol. The lowest BCUT2D eigenvalue weighted by Gasteiger charge is -2.14. The lowest BCUT2D eigenvalue weighted by Crippen LogP contribution is -2.27. The van der Waals surface area contributed by atoms with Crippen LogP contribution in [0.15, 0.2) is 77.8 Å². The van der Waals surface area contributed by atoms with E-state index in [2.05, 4.69) is 0 Å². The lowest BCUT2D eigenvalue weighted by atomic mass is 10.1. The molecule has 164 valence electrons. The van der Waals surface area contributed by atoms with Crippen molar-refractivity contribution in [1.82, 2.24) is 4.57 Å². The van der Waals surface area contributed by atoms with Crippen molar-refractivity contribution >= 4 is 68.5 Å². The molecule has 0 saturated carbocycles. The van der Waals surface area contributed by atoms with E-state index in [1.807, 2.05) is 35.0 Å². The van der Waals surface area contributed by atoms with Gasteiger partial charge in [-0.3, -0.25) is 9.69 Å². The van der Waals surface area contributed by atoms with Crippen molar-refractivity contribution in [3.8, 4) is 0 Å². The maximum absolute atomic E-state index is 14.2. The number of thioether (sulfide) groups is 1. The van der Waals surface area contributed by atoms with Crippen LogP contribution >= 0.6 is 35.6 Å². The van der Waals surface area contributed by atoms with Crippen LogP contribution in [0.4, 0.5) is 14.5 Å². The van der Waals surface area contributed by atoms with E-state index in [1.54, 1.807) is 24.3 Å². The predicted octanol–water partition coefficient (Wildman–Crippen LogP) is 7.03. The molecule has 0 atom stereocenters. The van der Waals surface area contributed by atoms with Crippen molar-refractivity contribution in [2.45, 2.75) is 6.54 Å². The Hall–Kier alpha value is -3.00. The molecule has 8 heteroatoms. The van der Waals surface area contributed by atoms with Crippen LogP contribution in [0.5, 0.6) is 0 Å². The summed E-state index contributed by atoms with van der Waals surface area (Å²) in [6.45, 7) is 0.357. The fourth-order valence-electron chi connectivity index (χ4n) is 3.79. The first-order valence-corrected chi connectivity index (χ1v) is 11.6. The van der Waals surface area contributed by atoms with Gasteiger partial charge in [-0.1, -0.05) is 72.0 Å². The van der Waals surface area contributed by atoms with Crippen LogP contribution in [0.1, 0.15) is 11.1 Å². The molecule has 0 spiro atoms. The Kier molecular flexibility index (Phi) is 5.78. The molecule has 1 fully saturated rings. The number of carbonyl (C=O) groups is 1. The van der Waals surface area contributed by atoms with Gasteiger partial charge in [0.1, 0.15) is 11.6 Å². The summed E-state index contributed by atoms with van der Waals surface area (Å²) in [4.78, 5) is 14.9. The third-order valence-corrected chi connectivity index (χ3v) is 6.95. The maximum atomic E-state index is 14.2. The van der Waals surface area contributed by atoms with Crippen LogP contribution in [0.3, 0.4) is 0 Å². The molecular weight excluding hydrogens is 482 g/mol. The summed E-state index contributed by atoms with van der Waals surface area (Å²) in [7, 11) is 0. The molecule has 3 aromatic carbocycles. The fraction of sp³-hybridized carbons (Fsp3) is 0.0400. The van der Waals surface area contributed by atoms with E-state index in [4.69, 9.17) is 23.8 Å². The maximum Gasteiger partial charge on any atom is 0.270 e. The van der Waals surface area contributed by atoms with Gasteiger partial charge in [0, 0.05) is 28.2 Å². The van der Waals surface area contributed by atoms with E-state index in [0.29, 0.717) is 27.0 Å². The molecule has 5 rings (SSSR count). The SMILES string of the molecule is O=C1/C(=C/c2cn(Cc3ccccc3F)c3ccccc23)SC(=S)N1c1ccc(F)c(Cl)c1. The van der Waals surface area contributed by atoms with E-state index in [9.17, 15) is 13.6 Å². The number of amides is 1. The Labute approximate surface area is 203 Å². The highest BCUT2D eigenvalue weighted by Crippen LogP contribution is 2.38. The molecule has 1 aliphatic rings. The first-order chi connectivity index (χ1) is 15.9. The number of para-hydroxylation sites is 1. The number of thiocarbonyl (C=S) groups is 1. The zero-order valence-corrected chi connectivity index (χ0v) is 19.4. The molecule has 2 heterocycles. The highest BCUT2D eigenvalue weighted by atomic mass is 35.5. The third kappa shape index (κ3) is 4.08. The highest BCUT2D eigenvalue weighted by Gasteiger charge is 2.33. The standard InChI is InChI=1S/C25H15ClF2N2OS2/c26-19-12-17(9-10-21(19)28)30-24(31)23(33-25(30)32)11-16-14-29(22-8-4-2-6-18(16)22)13-15-5-1-3-7-20(15)27/h1-12,14H,13H2/b23-11-. The highest BCUT2D eigenvalue weighted by molar-refractivity contribution is 8.27. The summed E-state index contributed by atoms with van der Waals surface area (Å²) >= 11 is 12.5.